The summed E-state index contributed by atoms with van der Waals surface area (Å²) in [6.45, 7) is 6.95. The monoisotopic (exact) mass is 196 g/mol. The first kappa shape index (κ1) is 10.1. The molecule has 0 fully saturated rings. The first-order chi connectivity index (χ1) is 6.20. The lowest BCUT2D eigenvalue weighted by Gasteiger charge is -1.96. The van der Waals surface area contributed by atoms with Gasteiger partial charge in [0.25, 0.3) is 0 Å². The van der Waals surface area contributed by atoms with E-state index in [4.69, 9.17) is 11.6 Å². The number of hydrogen-bond donors (Lipinski definition) is 0. The quantitative estimate of drug-likeness (QED) is 0.497. The van der Waals surface area contributed by atoms with Gasteiger partial charge in [0, 0.05) is 6.54 Å². The molecule has 1 aromatic rings. The molecule has 2 nitrogen and oxygen atoms in total. The van der Waals surface area contributed by atoms with Gasteiger partial charge in [-0.3, -0.25) is 4.68 Å². The normalized spacial score (nSPS) is 9.54. The summed E-state index contributed by atoms with van der Waals surface area (Å²) in [5.41, 5.74) is 3.12. The molecule has 0 saturated heterocycles. The molecule has 1 heterocycles. The zero-order valence-electron chi connectivity index (χ0n) is 8.19. The number of nitrogens with zero attached hydrogens (tertiary/aromatic N) is 2. The Balaban J connectivity index is 3.13. The number of aromatic nitrogens is 2. The van der Waals surface area contributed by atoms with Gasteiger partial charge in [0.1, 0.15) is 0 Å². The highest BCUT2D eigenvalue weighted by atomic mass is 35.5. The van der Waals surface area contributed by atoms with E-state index in [1.807, 2.05) is 18.5 Å². The maximum atomic E-state index is 5.50. The van der Waals surface area contributed by atoms with Gasteiger partial charge in [0.2, 0.25) is 0 Å². The lowest BCUT2D eigenvalue weighted by Crippen LogP contribution is -1.98. The van der Waals surface area contributed by atoms with Crippen LogP contribution in [-0.2, 0) is 6.54 Å². The summed E-state index contributed by atoms with van der Waals surface area (Å²) in [5.74, 6) is 6.24. The second-order valence-corrected chi connectivity index (χ2v) is 3.06. The predicted octanol–water partition coefficient (Wildman–Crippen LogP) is 2.11. The van der Waals surface area contributed by atoms with E-state index in [1.165, 1.54) is 0 Å². The average Bonchev–Trinajstić information content (AvgIpc) is 2.39. The van der Waals surface area contributed by atoms with Gasteiger partial charge in [-0.2, -0.15) is 5.10 Å². The molecule has 0 aliphatic heterocycles. The van der Waals surface area contributed by atoms with E-state index in [9.17, 15) is 0 Å². The van der Waals surface area contributed by atoms with Crippen LogP contribution < -0.4 is 0 Å². The molecule has 0 amide bonds. The van der Waals surface area contributed by atoms with E-state index < -0.39 is 0 Å². The molecule has 0 bridgehead atoms. The van der Waals surface area contributed by atoms with Gasteiger partial charge in [0.15, 0.2) is 0 Å². The standard InChI is InChI=1S/C10H13ClN2/c1-4-13-9(3)10(6-5-7-11)8(2)12-13/h4,7H2,1-3H3. The molecule has 0 aromatic carbocycles. The minimum absolute atomic E-state index is 0.371. The van der Waals surface area contributed by atoms with Crippen LogP contribution in [0.5, 0.6) is 0 Å². The Labute approximate surface area is 83.9 Å². The number of rotatable bonds is 1. The van der Waals surface area contributed by atoms with Crippen molar-refractivity contribution in [2.24, 2.45) is 0 Å². The molecule has 0 atom stereocenters. The highest BCUT2D eigenvalue weighted by Crippen LogP contribution is 2.10. The number of aryl methyl sites for hydroxylation is 2. The first-order valence-electron chi connectivity index (χ1n) is 4.29. The first-order valence-corrected chi connectivity index (χ1v) is 4.83. The second-order valence-electron chi connectivity index (χ2n) is 2.80. The lowest BCUT2D eigenvalue weighted by molar-refractivity contribution is 0.634. The van der Waals surface area contributed by atoms with Crippen molar-refractivity contribution in [2.75, 3.05) is 5.88 Å². The van der Waals surface area contributed by atoms with Crippen LogP contribution in [0.1, 0.15) is 23.9 Å². The lowest BCUT2D eigenvalue weighted by atomic mass is 10.2. The van der Waals surface area contributed by atoms with E-state index in [-0.39, 0.29) is 0 Å². The average molecular weight is 197 g/mol. The highest BCUT2D eigenvalue weighted by Gasteiger charge is 2.06. The van der Waals surface area contributed by atoms with Gasteiger partial charge < -0.3 is 0 Å². The number of halogens is 1. The molecular formula is C10H13ClN2. The van der Waals surface area contributed by atoms with Crippen LogP contribution in [0.2, 0.25) is 0 Å². The van der Waals surface area contributed by atoms with Crippen LogP contribution in [0.25, 0.3) is 0 Å². The summed E-state index contributed by atoms with van der Waals surface area (Å²) in [4.78, 5) is 0. The van der Waals surface area contributed by atoms with Crippen LogP contribution >= 0.6 is 11.6 Å². The van der Waals surface area contributed by atoms with Gasteiger partial charge in [-0.25, -0.2) is 0 Å². The van der Waals surface area contributed by atoms with Crippen molar-refractivity contribution in [1.82, 2.24) is 9.78 Å². The SMILES string of the molecule is CCn1nc(C)c(C#CCCl)c1C. The highest BCUT2D eigenvalue weighted by molar-refractivity contribution is 6.19. The fourth-order valence-corrected chi connectivity index (χ4v) is 1.37. The van der Waals surface area contributed by atoms with Crippen molar-refractivity contribution in [2.45, 2.75) is 27.3 Å². The Hall–Kier alpha value is -0.940. The fraction of sp³-hybridized carbons (Fsp3) is 0.500. The van der Waals surface area contributed by atoms with E-state index in [0.717, 1.165) is 23.5 Å². The summed E-state index contributed by atoms with van der Waals surface area (Å²) in [6, 6.07) is 0. The van der Waals surface area contributed by atoms with E-state index in [0.29, 0.717) is 5.88 Å². The van der Waals surface area contributed by atoms with Crippen LogP contribution in [0.3, 0.4) is 0 Å². The van der Waals surface area contributed by atoms with Gasteiger partial charge in [0.05, 0.1) is 22.8 Å². The molecule has 0 spiro atoms. The molecule has 3 heteroatoms. The molecule has 1 aromatic heterocycles. The van der Waals surface area contributed by atoms with Crippen LogP contribution in [-0.4, -0.2) is 15.7 Å². The zero-order valence-corrected chi connectivity index (χ0v) is 8.94. The third-order valence-corrected chi connectivity index (χ3v) is 2.09. The Morgan fingerprint density at radius 3 is 2.62 bits per heavy atom. The molecule has 0 radical (unpaired) electrons. The van der Waals surface area contributed by atoms with Crippen molar-refractivity contribution < 1.29 is 0 Å². The minimum Gasteiger partial charge on any atom is -0.269 e. The number of alkyl halides is 1. The van der Waals surface area contributed by atoms with Crippen LogP contribution in [0.15, 0.2) is 0 Å². The maximum Gasteiger partial charge on any atom is 0.0839 e. The molecule has 0 saturated carbocycles. The smallest absolute Gasteiger partial charge is 0.0839 e. The zero-order chi connectivity index (χ0) is 9.84. The summed E-state index contributed by atoms with van der Waals surface area (Å²) < 4.78 is 1.95. The maximum absolute atomic E-state index is 5.50. The predicted molar refractivity (Wildman–Crippen MR) is 55.0 cm³/mol. The van der Waals surface area contributed by atoms with E-state index in [2.05, 4.69) is 23.9 Å². The Bertz CT molecular complexity index is 355. The molecule has 0 unspecified atom stereocenters. The molecule has 0 aliphatic rings. The van der Waals surface area contributed by atoms with E-state index >= 15 is 0 Å². The van der Waals surface area contributed by atoms with Crippen molar-refractivity contribution in [3.63, 3.8) is 0 Å². The van der Waals surface area contributed by atoms with Crippen molar-refractivity contribution >= 4 is 11.6 Å². The Morgan fingerprint density at radius 2 is 2.15 bits per heavy atom. The van der Waals surface area contributed by atoms with Crippen molar-refractivity contribution in [1.29, 1.82) is 0 Å². The van der Waals surface area contributed by atoms with Gasteiger partial charge in [-0.1, -0.05) is 11.8 Å². The largest absolute Gasteiger partial charge is 0.269 e. The molecule has 0 aliphatic carbocycles. The summed E-state index contributed by atoms with van der Waals surface area (Å²) in [7, 11) is 0. The topological polar surface area (TPSA) is 17.8 Å². The fourth-order valence-electron chi connectivity index (χ4n) is 1.31. The van der Waals surface area contributed by atoms with Gasteiger partial charge in [-0.15, -0.1) is 11.6 Å². The van der Waals surface area contributed by atoms with Crippen LogP contribution in [0.4, 0.5) is 0 Å². The summed E-state index contributed by atoms with van der Waals surface area (Å²) in [6.07, 6.45) is 0. The molecule has 0 N–H and O–H groups in total. The Morgan fingerprint density at radius 1 is 1.46 bits per heavy atom. The Kier molecular flexibility index (Phi) is 3.39. The minimum atomic E-state index is 0.371. The van der Waals surface area contributed by atoms with Gasteiger partial charge >= 0.3 is 0 Å². The van der Waals surface area contributed by atoms with Crippen LogP contribution in [0, 0.1) is 25.7 Å². The number of hydrogen-bond acceptors (Lipinski definition) is 1. The van der Waals surface area contributed by atoms with Crippen molar-refractivity contribution in [3.8, 4) is 11.8 Å². The molecule has 70 valence electrons. The third kappa shape index (κ3) is 2.05. The summed E-state index contributed by atoms with van der Waals surface area (Å²) in [5, 5.41) is 4.35. The summed E-state index contributed by atoms with van der Waals surface area (Å²) >= 11 is 5.50. The van der Waals surface area contributed by atoms with Gasteiger partial charge in [-0.05, 0) is 20.8 Å². The molecule has 13 heavy (non-hydrogen) atoms. The third-order valence-electron chi connectivity index (χ3n) is 1.96. The molecule has 1 rings (SSSR count). The second kappa shape index (κ2) is 4.34. The molecular weight excluding hydrogens is 184 g/mol. The van der Waals surface area contributed by atoms with E-state index in [1.54, 1.807) is 0 Å². The van der Waals surface area contributed by atoms with Crippen molar-refractivity contribution in [3.05, 3.63) is 17.0 Å².